The number of rotatable bonds is 0. The van der Waals surface area contributed by atoms with Gasteiger partial charge >= 0.3 is 0 Å². The highest BCUT2D eigenvalue weighted by Gasteiger charge is 2.67. The van der Waals surface area contributed by atoms with Crippen molar-refractivity contribution < 1.29 is 14.6 Å². The van der Waals surface area contributed by atoms with Crippen molar-refractivity contribution in [1.29, 1.82) is 0 Å². The highest BCUT2D eigenvalue weighted by atomic mass is 16.8. The van der Waals surface area contributed by atoms with Crippen molar-refractivity contribution in [3.8, 4) is 0 Å². The number of aliphatic hydroxyl groups is 1. The van der Waals surface area contributed by atoms with E-state index in [-0.39, 0.29) is 23.7 Å². The molecule has 0 aromatic carbocycles. The van der Waals surface area contributed by atoms with Gasteiger partial charge in [0, 0.05) is 0 Å². The summed E-state index contributed by atoms with van der Waals surface area (Å²) in [4.78, 5) is 0. The molecule has 4 unspecified atom stereocenters. The van der Waals surface area contributed by atoms with Crippen molar-refractivity contribution in [3.05, 3.63) is 12.2 Å². The molecule has 1 aliphatic heterocycles. The fourth-order valence-corrected chi connectivity index (χ4v) is 8.07. The molecule has 0 aromatic rings. The summed E-state index contributed by atoms with van der Waals surface area (Å²) in [6.45, 7) is 13.6. The van der Waals surface area contributed by atoms with Crippen LogP contribution in [0.15, 0.2) is 12.2 Å². The van der Waals surface area contributed by atoms with E-state index < -0.39 is 5.79 Å². The minimum absolute atomic E-state index is 0.141. The van der Waals surface area contributed by atoms with Gasteiger partial charge in [-0.2, -0.15) is 0 Å². The number of allylic oxidation sites excluding steroid dienone is 1. The van der Waals surface area contributed by atoms with Crippen LogP contribution in [0.3, 0.4) is 0 Å². The van der Waals surface area contributed by atoms with E-state index in [2.05, 4.69) is 34.3 Å². The lowest BCUT2D eigenvalue weighted by Gasteiger charge is -2.62. The van der Waals surface area contributed by atoms with E-state index in [1.165, 1.54) is 31.3 Å². The number of ether oxygens (including phenoxy) is 2. The van der Waals surface area contributed by atoms with E-state index in [4.69, 9.17) is 9.47 Å². The zero-order valence-corrected chi connectivity index (χ0v) is 17.0. The van der Waals surface area contributed by atoms with Gasteiger partial charge in [-0.25, -0.2) is 0 Å². The first kappa shape index (κ1) is 17.7. The predicted octanol–water partition coefficient (Wildman–Crippen LogP) is 4.69. The van der Waals surface area contributed by atoms with Gasteiger partial charge in [-0.15, -0.1) is 0 Å². The normalized spacial score (nSPS) is 57.9. The minimum atomic E-state index is -0.503. The molecule has 0 bridgehead atoms. The van der Waals surface area contributed by atoms with Crippen LogP contribution in [-0.2, 0) is 9.47 Å². The topological polar surface area (TPSA) is 38.7 Å². The first-order valence-corrected chi connectivity index (χ1v) is 10.9. The third-order valence-corrected chi connectivity index (χ3v) is 9.46. The van der Waals surface area contributed by atoms with E-state index >= 15 is 0 Å². The van der Waals surface area contributed by atoms with Crippen LogP contribution in [0.25, 0.3) is 0 Å². The molecular formula is C23H36O3. The van der Waals surface area contributed by atoms with Crippen molar-refractivity contribution in [2.24, 2.45) is 34.5 Å². The van der Waals surface area contributed by atoms with E-state index in [0.717, 1.165) is 19.3 Å². The Balaban J connectivity index is 1.59. The summed E-state index contributed by atoms with van der Waals surface area (Å²) < 4.78 is 13.1. The van der Waals surface area contributed by atoms with Gasteiger partial charge in [-0.05, 0) is 93.3 Å². The average Bonchev–Trinajstić information content (AvgIpc) is 3.05. The summed E-state index contributed by atoms with van der Waals surface area (Å²) in [6, 6.07) is 0. The smallest absolute Gasteiger partial charge is 0.163 e. The summed E-state index contributed by atoms with van der Waals surface area (Å²) in [7, 11) is 0. The molecule has 1 heterocycles. The Bertz CT molecular complexity index is 627. The Hall–Kier alpha value is -0.380. The highest BCUT2D eigenvalue weighted by molar-refractivity contribution is 5.23. The average molecular weight is 361 g/mol. The molecular weight excluding hydrogens is 324 g/mol. The molecule has 0 radical (unpaired) electrons. The fourth-order valence-electron chi connectivity index (χ4n) is 8.07. The molecule has 0 aromatic heterocycles. The molecule has 5 aliphatic rings. The highest BCUT2D eigenvalue weighted by Crippen LogP contribution is 2.69. The van der Waals surface area contributed by atoms with Gasteiger partial charge < -0.3 is 14.6 Å². The van der Waals surface area contributed by atoms with Gasteiger partial charge in [0.05, 0.1) is 18.3 Å². The first-order valence-electron chi connectivity index (χ1n) is 10.9. The monoisotopic (exact) mass is 360 g/mol. The second-order valence-electron chi connectivity index (χ2n) is 11.0. The minimum Gasteiger partial charge on any atom is -0.393 e. The third-order valence-electron chi connectivity index (χ3n) is 9.46. The maximum atomic E-state index is 10.4. The Labute approximate surface area is 158 Å². The lowest BCUT2D eigenvalue weighted by Crippen LogP contribution is -2.63. The Morgan fingerprint density at radius 1 is 0.923 bits per heavy atom. The van der Waals surface area contributed by atoms with Gasteiger partial charge in [0.15, 0.2) is 5.79 Å². The van der Waals surface area contributed by atoms with Crippen LogP contribution < -0.4 is 0 Å². The maximum Gasteiger partial charge on any atom is 0.163 e. The Kier molecular flexibility index (Phi) is 3.65. The molecule has 26 heavy (non-hydrogen) atoms. The molecule has 0 amide bonds. The summed E-state index contributed by atoms with van der Waals surface area (Å²) >= 11 is 0. The van der Waals surface area contributed by atoms with E-state index in [9.17, 15) is 5.11 Å². The zero-order chi connectivity index (χ0) is 18.5. The SMILES string of the molecule is C=C1CCC2C3C(CC[C@]12C)[C@@]1(C)CC[C@H](O)CC1[C@H]1OC(C)(C)O[C@H]31. The molecule has 1 N–H and O–H groups in total. The van der Waals surface area contributed by atoms with Crippen molar-refractivity contribution in [2.75, 3.05) is 0 Å². The standard InChI is InChI=1S/C23H36O3/c1-13-6-7-15-18-16(9-11-22(13,15)4)23(5)10-8-14(24)12-17(23)19-20(18)26-21(2,3)25-19/h14-20,24H,1,6-12H2,2-5H3/t14-,15?,16?,17?,18?,19+,20+,22+,23+/m0/s1. The van der Waals surface area contributed by atoms with Crippen LogP contribution in [0, 0.1) is 34.5 Å². The predicted molar refractivity (Wildman–Crippen MR) is 101 cm³/mol. The second-order valence-corrected chi connectivity index (χ2v) is 11.0. The number of fused-ring (bicyclic) bond motifs is 8. The van der Waals surface area contributed by atoms with Crippen molar-refractivity contribution in [1.82, 2.24) is 0 Å². The van der Waals surface area contributed by atoms with Crippen LogP contribution in [-0.4, -0.2) is 29.2 Å². The van der Waals surface area contributed by atoms with Crippen LogP contribution >= 0.6 is 0 Å². The Morgan fingerprint density at radius 3 is 2.42 bits per heavy atom. The van der Waals surface area contributed by atoms with E-state index in [1.807, 2.05) is 0 Å². The largest absolute Gasteiger partial charge is 0.393 e. The molecule has 4 saturated carbocycles. The molecule has 3 nitrogen and oxygen atoms in total. The van der Waals surface area contributed by atoms with Gasteiger partial charge in [-0.1, -0.05) is 26.0 Å². The molecule has 9 atom stereocenters. The number of hydrogen-bond donors (Lipinski definition) is 1. The molecule has 5 fully saturated rings. The molecule has 3 heteroatoms. The van der Waals surface area contributed by atoms with Crippen molar-refractivity contribution >= 4 is 0 Å². The molecule has 1 saturated heterocycles. The third kappa shape index (κ3) is 2.17. The van der Waals surface area contributed by atoms with Gasteiger partial charge in [-0.3, -0.25) is 0 Å². The summed E-state index contributed by atoms with van der Waals surface area (Å²) in [6.07, 6.45) is 8.15. The van der Waals surface area contributed by atoms with E-state index in [0.29, 0.717) is 29.1 Å². The molecule has 0 spiro atoms. The zero-order valence-electron chi connectivity index (χ0n) is 17.0. The summed E-state index contributed by atoms with van der Waals surface area (Å²) in [5, 5.41) is 10.4. The first-order chi connectivity index (χ1) is 12.2. The quantitative estimate of drug-likeness (QED) is 0.637. The van der Waals surface area contributed by atoms with Crippen molar-refractivity contribution in [3.63, 3.8) is 0 Å². The molecule has 4 aliphatic carbocycles. The van der Waals surface area contributed by atoms with Crippen molar-refractivity contribution in [2.45, 2.75) is 96.7 Å². The van der Waals surface area contributed by atoms with Crippen LogP contribution in [0.2, 0.25) is 0 Å². The molecule has 5 rings (SSSR count). The number of hydrogen-bond acceptors (Lipinski definition) is 3. The van der Waals surface area contributed by atoms with Gasteiger partial charge in [0.2, 0.25) is 0 Å². The van der Waals surface area contributed by atoms with E-state index in [1.54, 1.807) is 0 Å². The Morgan fingerprint density at radius 2 is 1.65 bits per heavy atom. The van der Waals surface area contributed by atoms with Gasteiger partial charge in [0.25, 0.3) is 0 Å². The summed E-state index contributed by atoms with van der Waals surface area (Å²) in [5.74, 6) is 1.88. The maximum absolute atomic E-state index is 10.4. The van der Waals surface area contributed by atoms with Gasteiger partial charge in [0.1, 0.15) is 0 Å². The fraction of sp³-hybridized carbons (Fsp3) is 0.913. The van der Waals surface area contributed by atoms with Crippen LogP contribution in [0.4, 0.5) is 0 Å². The number of aliphatic hydroxyl groups excluding tert-OH is 1. The molecule has 146 valence electrons. The second kappa shape index (κ2) is 5.36. The lowest BCUT2D eigenvalue weighted by atomic mass is 9.43. The lowest BCUT2D eigenvalue weighted by molar-refractivity contribution is -0.182. The van der Waals surface area contributed by atoms with Crippen LogP contribution in [0.1, 0.15) is 72.6 Å². The summed E-state index contributed by atoms with van der Waals surface area (Å²) in [5.41, 5.74) is 2.04. The van der Waals surface area contributed by atoms with Crippen LogP contribution in [0.5, 0.6) is 0 Å².